The third kappa shape index (κ3) is 7.01. The normalized spacial score (nSPS) is 18.1. The first-order valence-electron chi connectivity index (χ1n) is 15.9. The van der Waals surface area contributed by atoms with Crippen LogP contribution >= 0.6 is 0 Å². The van der Waals surface area contributed by atoms with Crippen molar-refractivity contribution in [3.05, 3.63) is 159 Å². The van der Waals surface area contributed by atoms with Crippen LogP contribution in [0, 0.1) is 10.1 Å². The SMILES string of the molecule is O=C(OC[C@H]1O[C@@H](n2cc3[nH]c(-c4ccc([N+](=O)[O-])cc4)nc3nc2=O)[C@H](OC(=O)c2ccccc2)[C@@H]1OC(=O)c1ccccc1)c1ccccc1. The van der Waals surface area contributed by atoms with Gasteiger partial charge < -0.3 is 23.9 Å². The van der Waals surface area contributed by atoms with Crippen molar-refractivity contribution in [2.75, 3.05) is 6.61 Å². The zero-order valence-corrected chi connectivity index (χ0v) is 26.9. The van der Waals surface area contributed by atoms with Crippen LogP contribution in [0.25, 0.3) is 22.6 Å². The lowest BCUT2D eigenvalue weighted by atomic mass is 10.1. The Balaban J connectivity index is 1.27. The third-order valence-electron chi connectivity index (χ3n) is 8.21. The number of benzene rings is 4. The van der Waals surface area contributed by atoms with Gasteiger partial charge in [-0.15, -0.1) is 0 Å². The number of nitro benzene ring substituents is 1. The molecule has 4 aromatic carbocycles. The lowest BCUT2D eigenvalue weighted by Crippen LogP contribution is -2.42. The van der Waals surface area contributed by atoms with E-state index in [0.717, 1.165) is 4.57 Å². The van der Waals surface area contributed by atoms with Gasteiger partial charge in [-0.2, -0.15) is 4.98 Å². The summed E-state index contributed by atoms with van der Waals surface area (Å²) in [5.74, 6) is -1.99. The highest BCUT2D eigenvalue weighted by atomic mass is 16.7. The Morgan fingerprint density at radius 1 is 0.750 bits per heavy atom. The molecule has 0 spiro atoms. The number of carbonyl (C=O) groups is 3. The van der Waals surface area contributed by atoms with E-state index >= 15 is 0 Å². The Hall–Kier alpha value is -7.00. The molecule has 0 unspecified atom stereocenters. The molecule has 15 nitrogen and oxygen atoms in total. The molecular formula is C37H27N5O10. The number of carbonyl (C=O) groups excluding carboxylic acids is 3. The molecule has 7 rings (SSSR count). The Labute approximate surface area is 293 Å². The molecule has 1 fully saturated rings. The van der Waals surface area contributed by atoms with Crippen molar-refractivity contribution < 1.29 is 38.3 Å². The van der Waals surface area contributed by atoms with Crippen LogP contribution < -0.4 is 5.69 Å². The summed E-state index contributed by atoms with van der Waals surface area (Å²) in [4.78, 5) is 75.6. The van der Waals surface area contributed by atoms with Gasteiger partial charge in [-0.25, -0.2) is 24.2 Å². The van der Waals surface area contributed by atoms with Crippen LogP contribution in [0.15, 0.2) is 126 Å². The van der Waals surface area contributed by atoms with Gasteiger partial charge in [0.15, 0.2) is 24.1 Å². The van der Waals surface area contributed by atoms with Crippen molar-refractivity contribution >= 4 is 34.8 Å². The van der Waals surface area contributed by atoms with Gasteiger partial charge in [-0.3, -0.25) is 14.7 Å². The lowest BCUT2D eigenvalue weighted by molar-refractivity contribution is -0.384. The van der Waals surface area contributed by atoms with Crippen molar-refractivity contribution in [1.82, 2.24) is 19.5 Å². The largest absolute Gasteiger partial charge is 0.459 e. The minimum Gasteiger partial charge on any atom is -0.459 e. The predicted molar refractivity (Wildman–Crippen MR) is 182 cm³/mol. The van der Waals surface area contributed by atoms with E-state index in [1.807, 2.05) is 0 Å². The Morgan fingerprint density at radius 3 is 1.85 bits per heavy atom. The summed E-state index contributed by atoms with van der Waals surface area (Å²) >= 11 is 0. The molecule has 0 amide bonds. The number of aromatic amines is 1. The summed E-state index contributed by atoms with van der Waals surface area (Å²) in [5, 5.41) is 11.1. The standard InChI is InChI=1S/C37H27N5O10/c43-34(23-10-4-1-5-11-23)49-21-28-29(51-35(44)24-12-6-2-7-13-24)30(52-36(45)25-14-8-3-9-15-25)33(50-28)41-20-27-32(40-37(41)46)39-31(38-27)22-16-18-26(19-17-22)42(47)48/h1-20,28-30,33H,21H2,(H,38,39,40,46)/t28-,29-,30-,33-/m1/s1. The average molecular weight is 702 g/mol. The van der Waals surface area contributed by atoms with E-state index in [1.54, 1.807) is 66.7 Å². The van der Waals surface area contributed by atoms with Crippen LogP contribution in [0.1, 0.15) is 37.3 Å². The molecule has 1 saturated heterocycles. The maximum absolute atomic E-state index is 13.6. The second-order valence-corrected chi connectivity index (χ2v) is 11.6. The molecule has 0 radical (unpaired) electrons. The molecule has 6 aromatic rings. The second kappa shape index (κ2) is 14.5. The summed E-state index contributed by atoms with van der Waals surface area (Å²) < 4.78 is 24.8. The van der Waals surface area contributed by atoms with Gasteiger partial charge in [0, 0.05) is 23.9 Å². The van der Waals surface area contributed by atoms with Crippen LogP contribution in [0.4, 0.5) is 5.69 Å². The number of nitro groups is 1. The number of hydrogen-bond acceptors (Lipinski definition) is 12. The number of imidazole rings is 1. The Kier molecular flexibility index (Phi) is 9.32. The monoisotopic (exact) mass is 701 g/mol. The van der Waals surface area contributed by atoms with Crippen LogP contribution in [-0.2, 0) is 18.9 Å². The maximum Gasteiger partial charge on any atom is 0.351 e. The van der Waals surface area contributed by atoms with Gasteiger partial charge in [0.2, 0.25) is 0 Å². The van der Waals surface area contributed by atoms with Crippen molar-refractivity contribution in [3.63, 3.8) is 0 Å². The van der Waals surface area contributed by atoms with E-state index in [9.17, 15) is 29.3 Å². The van der Waals surface area contributed by atoms with Gasteiger partial charge in [0.05, 0.1) is 21.6 Å². The summed E-state index contributed by atoms with van der Waals surface area (Å²) in [5.41, 5.74) is 0.450. The van der Waals surface area contributed by atoms with E-state index in [0.29, 0.717) is 5.56 Å². The van der Waals surface area contributed by atoms with Crippen molar-refractivity contribution in [1.29, 1.82) is 0 Å². The first kappa shape index (κ1) is 33.5. The highest BCUT2D eigenvalue weighted by Crippen LogP contribution is 2.35. The summed E-state index contributed by atoms with van der Waals surface area (Å²) in [6.45, 7) is -0.449. The van der Waals surface area contributed by atoms with E-state index in [2.05, 4.69) is 15.0 Å². The van der Waals surface area contributed by atoms with Gasteiger partial charge >= 0.3 is 23.6 Å². The second-order valence-electron chi connectivity index (χ2n) is 11.6. The number of H-pyrrole nitrogens is 1. The first-order chi connectivity index (χ1) is 25.2. The molecule has 15 heteroatoms. The molecule has 52 heavy (non-hydrogen) atoms. The zero-order chi connectivity index (χ0) is 36.2. The molecule has 0 aliphatic carbocycles. The zero-order valence-electron chi connectivity index (χ0n) is 26.9. The number of rotatable bonds is 10. The molecule has 4 atom stereocenters. The predicted octanol–water partition coefficient (Wildman–Crippen LogP) is 4.90. The van der Waals surface area contributed by atoms with Crippen molar-refractivity contribution in [3.8, 4) is 11.4 Å². The molecule has 1 aliphatic heterocycles. The Bertz CT molecular complexity index is 2310. The molecular weight excluding hydrogens is 674 g/mol. The molecule has 1 N–H and O–H groups in total. The van der Waals surface area contributed by atoms with Crippen LogP contribution in [0.3, 0.4) is 0 Å². The molecule has 1 aliphatic rings. The number of nitrogens with one attached hydrogen (secondary N) is 1. The summed E-state index contributed by atoms with van der Waals surface area (Å²) in [7, 11) is 0. The summed E-state index contributed by atoms with van der Waals surface area (Å²) in [6.07, 6.45) is -4.13. The maximum atomic E-state index is 13.6. The van der Waals surface area contributed by atoms with Crippen LogP contribution in [0.2, 0.25) is 0 Å². The van der Waals surface area contributed by atoms with Crippen LogP contribution in [-0.4, -0.2) is 67.3 Å². The fourth-order valence-electron chi connectivity index (χ4n) is 5.64. The quantitative estimate of drug-likeness (QED) is 0.0880. The molecule has 0 saturated carbocycles. The minimum absolute atomic E-state index is 0.0332. The van der Waals surface area contributed by atoms with Gasteiger partial charge in [-0.1, -0.05) is 54.6 Å². The van der Waals surface area contributed by atoms with Crippen LogP contribution in [0.5, 0.6) is 0 Å². The molecule has 0 bridgehead atoms. The van der Waals surface area contributed by atoms with Crippen molar-refractivity contribution in [2.24, 2.45) is 0 Å². The number of nitrogens with zero attached hydrogens (tertiary/aromatic N) is 4. The average Bonchev–Trinajstić information content (AvgIpc) is 3.74. The number of hydrogen-bond donors (Lipinski definition) is 1. The van der Waals surface area contributed by atoms with E-state index < -0.39 is 59.7 Å². The number of ether oxygens (including phenoxy) is 4. The third-order valence-corrected chi connectivity index (χ3v) is 8.21. The van der Waals surface area contributed by atoms with E-state index in [1.165, 1.54) is 54.7 Å². The highest BCUT2D eigenvalue weighted by Gasteiger charge is 2.52. The van der Waals surface area contributed by atoms with E-state index in [-0.39, 0.29) is 39.4 Å². The topological polar surface area (TPSA) is 195 Å². The van der Waals surface area contributed by atoms with E-state index in [4.69, 9.17) is 18.9 Å². The number of fused-ring (bicyclic) bond motifs is 1. The molecule has 260 valence electrons. The molecule has 3 heterocycles. The van der Waals surface area contributed by atoms with Gasteiger partial charge in [0.25, 0.3) is 5.69 Å². The lowest BCUT2D eigenvalue weighted by Gasteiger charge is -2.25. The smallest absolute Gasteiger partial charge is 0.351 e. The number of aromatic nitrogens is 4. The summed E-state index contributed by atoms with van der Waals surface area (Å²) in [6, 6.07) is 30.0. The van der Waals surface area contributed by atoms with Gasteiger partial charge in [-0.05, 0) is 48.5 Å². The first-order valence-corrected chi connectivity index (χ1v) is 15.9. The minimum atomic E-state index is -1.45. The highest BCUT2D eigenvalue weighted by molar-refractivity contribution is 5.91. The Morgan fingerprint density at radius 2 is 1.29 bits per heavy atom. The van der Waals surface area contributed by atoms with Gasteiger partial charge in [0.1, 0.15) is 24.1 Å². The fourth-order valence-corrected chi connectivity index (χ4v) is 5.64. The fraction of sp³-hybridized carbons (Fsp3) is 0.135. The van der Waals surface area contributed by atoms with Crippen molar-refractivity contribution in [2.45, 2.75) is 24.5 Å². The number of esters is 3. The molecule has 2 aromatic heterocycles. The number of non-ortho nitro benzene ring substituents is 1.